The maximum Gasteiger partial charge on any atom is 0.341 e. The van der Waals surface area contributed by atoms with Crippen LogP contribution in [-0.2, 0) is 27.2 Å². The van der Waals surface area contributed by atoms with E-state index >= 15 is 0 Å². The first-order chi connectivity index (χ1) is 16.5. The predicted octanol–water partition coefficient (Wildman–Crippen LogP) is 6.22. The Kier molecular flexibility index (Phi) is 8.67. The molecule has 3 aliphatic carbocycles. The van der Waals surface area contributed by atoms with Crippen molar-refractivity contribution < 1.29 is 24.2 Å². The Morgan fingerprint density at radius 3 is 2.12 bits per heavy atom. The Morgan fingerprint density at radius 2 is 1.50 bits per heavy atom. The lowest BCUT2D eigenvalue weighted by Gasteiger charge is -2.27. The number of amides is 1. The summed E-state index contributed by atoms with van der Waals surface area (Å²) in [5.74, 6) is -2.39. The Labute approximate surface area is 206 Å². The normalized spacial score (nSPS) is 27.7. The van der Waals surface area contributed by atoms with Gasteiger partial charge in [0.15, 0.2) is 0 Å². The number of fused-ring (bicyclic) bond motifs is 3. The van der Waals surface area contributed by atoms with E-state index in [-0.39, 0.29) is 30.3 Å². The van der Waals surface area contributed by atoms with Crippen LogP contribution in [0.15, 0.2) is 0 Å². The number of hydrogen-bond donors (Lipinski definition) is 2. The Morgan fingerprint density at radius 1 is 0.912 bits per heavy atom. The third kappa shape index (κ3) is 5.50. The monoisotopic (exact) mass is 489 g/mol. The van der Waals surface area contributed by atoms with Gasteiger partial charge in [-0.2, -0.15) is 0 Å². The van der Waals surface area contributed by atoms with E-state index in [1.54, 1.807) is 6.92 Å². The van der Waals surface area contributed by atoms with E-state index in [1.807, 2.05) is 0 Å². The summed E-state index contributed by atoms with van der Waals surface area (Å²) in [7, 11) is 0. The predicted molar refractivity (Wildman–Crippen MR) is 133 cm³/mol. The molecular formula is C27H39NO5S. The third-order valence-electron chi connectivity index (χ3n) is 8.14. The molecular weight excluding hydrogens is 450 g/mol. The largest absolute Gasteiger partial charge is 0.481 e. The summed E-state index contributed by atoms with van der Waals surface area (Å²) in [6.45, 7) is 2.08. The molecule has 7 heteroatoms. The van der Waals surface area contributed by atoms with Gasteiger partial charge >= 0.3 is 11.9 Å². The van der Waals surface area contributed by atoms with Crippen LogP contribution in [0.4, 0.5) is 5.00 Å². The standard InChI is InChI=1S/C27H39NO5S/c1-2-33-27(32)23-19-12-10-8-6-4-3-5-7-9-11-13-20(19)34-25(23)28-24(29)21-17-14-15-18(16-17)22(21)26(30)31/h17-18,21-22H,2-16H2,1H3,(H,28,29)(H,30,31)/t17-,18-,21+,22-/m0/s1. The molecule has 2 fully saturated rings. The number of aryl methyl sites for hydroxylation is 1. The number of esters is 1. The van der Waals surface area contributed by atoms with E-state index in [0.717, 1.165) is 56.9 Å². The summed E-state index contributed by atoms with van der Waals surface area (Å²) in [6, 6.07) is 0. The van der Waals surface area contributed by atoms with Crippen molar-refractivity contribution in [1.29, 1.82) is 0 Å². The molecule has 188 valence electrons. The molecule has 0 unspecified atom stereocenters. The van der Waals surface area contributed by atoms with Crippen molar-refractivity contribution in [1.82, 2.24) is 0 Å². The molecule has 2 N–H and O–H groups in total. The molecule has 1 heterocycles. The molecule has 2 saturated carbocycles. The van der Waals surface area contributed by atoms with E-state index in [1.165, 1.54) is 54.7 Å². The fourth-order valence-electron chi connectivity index (χ4n) is 6.53. The minimum absolute atomic E-state index is 0.0933. The number of ether oxygens (including phenoxy) is 1. The molecule has 0 saturated heterocycles. The summed E-state index contributed by atoms with van der Waals surface area (Å²) in [4.78, 5) is 39.6. The van der Waals surface area contributed by atoms with Gasteiger partial charge in [0.2, 0.25) is 5.91 Å². The first-order valence-electron chi connectivity index (χ1n) is 13.4. The van der Waals surface area contributed by atoms with Crippen LogP contribution >= 0.6 is 11.3 Å². The number of aliphatic carboxylic acids is 1. The van der Waals surface area contributed by atoms with Gasteiger partial charge in [0.05, 0.1) is 24.0 Å². The first kappa shape index (κ1) is 25.2. The minimum Gasteiger partial charge on any atom is -0.481 e. The van der Waals surface area contributed by atoms with Gasteiger partial charge in [-0.1, -0.05) is 44.9 Å². The zero-order valence-electron chi connectivity index (χ0n) is 20.4. The number of carbonyl (C=O) groups is 3. The van der Waals surface area contributed by atoms with Crippen molar-refractivity contribution in [2.45, 2.75) is 96.8 Å². The summed E-state index contributed by atoms with van der Waals surface area (Å²) >= 11 is 1.51. The van der Waals surface area contributed by atoms with Crippen LogP contribution in [0.3, 0.4) is 0 Å². The highest BCUT2D eigenvalue weighted by atomic mass is 32.1. The molecule has 1 amide bonds. The number of carboxylic acids is 1. The molecule has 0 aliphatic heterocycles. The van der Waals surface area contributed by atoms with Gasteiger partial charge in [0.25, 0.3) is 0 Å². The van der Waals surface area contributed by atoms with Crippen LogP contribution in [0.5, 0.6) is 0 Å². The zero-order chi connectivity index (χ0) is 24.1. The summed E-state index contributed by atoms with van der Waals surface area (Å²) in [5.41, 5.74) is 1.56. The molecule has 1 aromatic rings. The average molecular weight is 490 g/mol. The number of carboxylic acid groups (broad SMARTS) is 1. The molecule has 1 aromatic heterocycles. The van der Waals surface area contributed by atoms with E-state index in [4.69, 9.17) is 4.74 Å². The number of thiophene rings is 1. The third-order valence-corrected chi connectivity index (χ3v) is 9.35. The van der Waals surface area contributed by atoms with E-state index in [0.29, 0.717) is 10.6 Å². The highest BCUT2D eigenvalue weighted by Crippen LogP contribution is 2.53. The molecule has 34 heavy (non-hydrogen) atoms. The van der Waals surface area contributed by atoms with Crippen LogP contribution in [-0.4, -0.2) is 29.6 Å². The topological polar surface area (TPSA) is 92.7 Å². The highest BCUT2D eigenvalue weighted by molar-refractivity contribution is 7.17. The second-order valence-corrected chi connectivity index (χ2v) is 11.4. The number of anilines is 1. The lowest BCUT2D eigenvalue weighted by molar-refractivity contribution is -0.148. The average Bonchev–Trinajstić information content (AvgIpc) is 3.50. The quantitative estimate of drug-likeness (QED) is 0.479. The van der Waals surface area contributed by atoms with Crippen molar-refractivity contribution in [3.05, 3.63) is 16.0 Å². The summed E-state index contributed by atoms with van der Waals surface area (Å²) < 4.78 is 5.42. The molecule has 3 aliphatic rings. The number of carbonyl (C=O) groups excluding carboxylic acids is 2. The minimum atomic E-state index is -0.869. The smallest absolute Gasteiger partial charge is 0.341 e. The molecule has 0 spiro atoms. The number of nitrogens with one attached hydrogen (secondary N) is 1. The molecule has 4 atom stereocenters. The maximum atomic E-state index is 13.4. The van der Waals surface area contributed by atoms with Crippen LogP contribution in [0.1, 0.15) is 105 Å². The van der Waals surface area contributed by atoms with Crippen molar-refractivity contribution in [2.75, 3.05) is 11.9 Å². The SMILES string of the molecule is CCOC(=O)c1c(NC(=O)[C@@H]2[C@H]3CC[C@@H](C3)[C@@H]2C(=O)O)sc2c1CCCCCCCCCCC2. The Balaban J connectivity index is 1.61. The fraction of sp³-hybridized carbons (Fsp3) is 0.741. The lowest BCUT2D eigenvalue weighted by Crippen LogP contribution is -2.38. The molecule has 6 nitrogen and oxygen atoms in total. The Hall–Kier alpha value is -1.89. The lowest BCUT2D eigenvalue weighted by atomic mass is 9.78. The van der Waals surface area contributed by atoms with Gasteiger partial charge in [-0.3, -0.25) is 9.59 Å². The van der Waals surface area contributed by atoms with E-state index in [9.17, 15) is 19.5 Å². The van der Waals surface area contributed by atoms with Crippen molar-refractivity contribution >= 4 is 34.2 Å². The van der Waals surface area contributed by atoms with Crippen LogP contribution in [0, 0.1) is 23.7 Å². The second kappa shape index (κ2) is 11.7. The number of rotatable bonds is 5. The van der Waals surface area contributed by atoms with Crippen molar-refractivity contribution in [2.24, 2.45) is 23.7 Å². The van der Waals surface area contributed by atoms with Crippen LogP contribution in [0.2, 0.25) is 0 Å². The molecule has 0 aromatic carbocycles. The maximum absolute atomic E-state index is 13.4. The number of hydrogen-bond acceptors (Lipinski definition) is 5. The first-order valence-corrected chi connectivity index (χ1v) is 14.2. The van der Waals surface area contributed by atoms with Crippen LogP contribution in [0.25, 0.3) is 0 Å². The fourth-order valence-corrected chi connectivity index (χ4v) is 7.81. The molecule has 0 radical (unpaired) electrons. The summed E-state index contributed by atoms with van der Waals surface area (Å²) in [5, 5.41) is 13.4. The van der Waals surface area contributed by atoms with Crippen molar-refractivity contribution in [3.63, 3.8) is 0 Å². The molecule has 2 bridgehead atoms. The van der Waals surface area contributed by atoms with Crippen LogP contribution < -0.4 is 5.32 Å². The van der Waals surface area contributed by atoms with Crippen molar-refractivity contribution in [3.8, 4) is 0 Å². The van der Waals surface area contributed by atoms with E-state index in [2.05, 4.69) is 5.32 Å². The van der Waals surface area contributed by atoms with Gasteiger partial charge in [-0.05, 0) is 69.3 Å². The van der Waals surface area contributed by atoms with E-state index < -0.39 is 17.8 Å². The highest BCUT2D eigenvalue weighted by Gasteiger charge is 2.54. The molecule has 4 rings (SSSR count). The summed E-state index contributed by atoms with van der Waals surface area (Å²) in [6.07, 6.45) is 15.1. The zero-order valence-corrected chi connectivity index (χ0v) is 21.2. The second-order valence-electron chi connectivity index (χ2n) is 10.3. The van der Waals surface area contributed by atoms with Gasteiger partial charge in [-0.15, -0.1) is 11.3 Å². The Bertz CT molecular complexity index is 894. The van der Waals surface area contributed by atoms with Gasteiger partial charge in [-0.25, -0.2) is 4.79 Å². The van der Waals surface area contributed by atoms with Gasteiger partial charge in [0, 0.05) is 4.88 Å². The van der Waals surface area contributed by atoms with Gasteiger partial charge in [0.1, 0.15) is 5.00 Å². The van der Waals surface area contributed by atoms with Gasteiger partial charge < -0.3 is 15.2 Å².